The van der Waals surface area contributed by atoms with Crippen LogP contribution in [0.15, 0.2) is 53.5 Å². The lowest BCUT2D eigenvalue weighted by Gasteiger charge is -2.23. The summed E-state index contributed by atoms with van der Waals surface area (Å²) >= 11 is 0. The van der Waals surface area contributed by atoms with Gasteiger partial charge in [-0.05, 0) is 54.2 Å². The second-order valence-electron chi connectivity index (χ2n) is 7.67. The SMILES string of the molecule is COc1cccc(-c2cccc(CN3C(=O)C(C)(CC(C)C)N=C3N)c2)c1. The largest absolute Gasteiger partial charge is 0.497 e. The molecule has 1 unspecified atom stereocenters. The van der Waals surface area contributed by atoms with Gasteiger partial charge >= 0.3 is 0 Å². The fourth-order valence-corrected chi connectivity index (χ4v) is 3.67. The average Bonchev–Trinajstić information content (AvgIpc) is 2.84. The van der Waals surface area contributed by atoms with Gasteiger partial charge in [-0.3, -0.25) is 9.69 Å². The Hall–Kier alpha value is -2.82. The standard InChI is InChI=1S/C22H27N3O2/c1-15(2)13-22(3)20(26)25(21(23)24-22)14-16-7-5-8-17(11-16)18-9-6-10-19(12-18)27-4/h5-12,15H,13-14H2,1-4H3,(H2,23,24). The van der Waals surface area contributed by atoms with Crippen molar-refractivity contribution in [2.24, 2.45) is 16.6 Å². The number of methoxy groups -OCH3 is 1. The molecule has 0 saturated heterocycles. The normalized spacial score (nSPS) is 19.5. The van der Waals surface area contributed by atoms with Crippen LogP contribution in [0.1, 0.15) is 32.8 Å². The molecule has 2 aromatic carbocycles. The van der Waals surface area contributed by atoms with Gasteiger partial charge in [-0.2, -0.15) is 0 Å². The third-order valence-electron chi connectivity index (χ3n) is 4.82. The first-order chi connectivity index (χ1) is 12.8. The van der Waals surface area contributed by atoms with Crippen LogP contribution in [0, 0.1) is 5.92 Å². The van der Waals surface area contributed by atoms with Crippen LogP contribution in [0.5, 0.6) is 5.75 Å². The average molecular weight is 365 g/mol. The van der Waals surface area contributed by atoms with Gasteiger partial charge in [0.1, 0.15) is 11.3 Å². The summed E-state index contributed by atoms with van der Waals surface area (Å²) < 4.78 is 5.31. The minimum absolute atomic E-state index is 0.0273. The zero-order valence-electron chi connectivity index (χ0n) is 16.4. The van der Waals surface area contributed by atoms with Gasteiger partial charge in [0.2, 0.25) is 0 Å². The molecule has 0 radical (unpaired) electrons. The van der Waals surface area contributed by atoms with Gasteiger partial charge in [0.25, 0.3) is 5.91 Å². The number of hydrogen-bond donors (Lipinski definition) is 1. The highest BCUT2D eigenvalue weighted by atomic mass is 16.5. The Morgan fingerprint density at radius 1 is 1.15 bits per heavy atom. The van der Waals surface area contributed by atoms with E-state index in [4.69, 9.17) is 10.5 Å². The lowest BCUT2D eigenvalue weighted by atomic mass is 9.91. The van der Waals surface area contributed by atoms with E-state index in [0.717, 1.165) is 22.4 Å². The number of carbonyl (C=O) groups excluding carboxylic acids is 1. The molecule has 2 aromatic rings. The number of ether oxygens (including phenoxy) is 1. The van der Waals surface area contributed by atoms with Gasteiger partial charge in [-0.1, -0.05) is 44.2 Å². The van der Waals surface area contributed by atoms with E-state index in [1.807, 2.05) is 49.4 Å². The van der Waals surface area contributed by atoms with E-state index in [1.165, 1.54) is 0 Å². The molecule has 1 amide bonds. The zero-order valence-corrected chi connectivity index (χ0v) is 16.4. The molecule has 1 heterocycles. The van der Waals surface area contributed by atoms with Gasteiger partial charge in [0, 0.05) is 0 Å². The summed E-state index contributed by atoms with van der Waals surface area (Å²) in [6.07, 6.45) is 0.687. The Morgan fingerprint density at radius 2 is 1.81 bits per heavy atom. The smallest absolute Gasteiger partial charge is 0.257 e. The zero-order chi connectivity index (χ0) is 19.6. The lowest BCUT2D eigenvalue weighted by Crippen LogP contribution is -2.43. The number of carbonyl (C=O) groups is 1. The van der Waals surface area contributed by atoms with Crippen molar-refractivity contribution in [2.75, 3.05) is 7.11 Å². The van der Waals surface area contributed by atoms with E-state index in [1.54, 1.807) is 12.0 Å². The van der Waals surface area contributed by atoms with Crippen molar-refractivity contribution in [3.8, 4) is 16.9 Å². The molecule has 5 nitrogen and oxygen atoms in total. The van der Waals surface area contributed by atoms with E-state index in [2.05, 4.69) is 24.9 Å². The van der Waals surface area contributed by atoms with Gasteiger partial charge < -0.3 is 10.5 Å². The quantitative estimate of drug-likeness (QED) is 0.846. The number of amides is 1. The maximum atomic E-state index is 12.9. The van der Waals surface area contributed by atoms with Crippen molar-refractivity contribution >= 4 is 11.9 Å². The maximum Gasteiger partial charge on any atom is 0.257 e. The molecule has 0 saturated carbocycles. The molecule has 0 aliphatic carbocycles. The first-order valence-corrected chi connectivity index (χ1v) is 9.23. The Morgan fingerprint density at radius 3 is 2.48 bits per heavy atom. The first-order valence-electron chi connectivity index (χ1n) is 9.23. The van der Waals surface area contributed by atoms with Gasteiger partial charge in [-0.15, -0.1) is 0 Å². The Balaban J connectivity index is 1.83. The summed E-state index contributed by atoms with van der Waals surface area (Å²) in [6, 6.07) is 16.0. The highest BCUT2D eigenvalue weighted by Gasteiger charge is 2.43. The summed E-state index contributed by atoms with van der Waals surface area (Å²) in [5.41, 5.74) is 8.48. The molecule has 142 valence electrons. The third kappa shape index (κ3) is 3.97. The van der Waals surface area contributed by atoms with E-state index in [9.17, 15) is 4.79 Å². The molecule has 27 heavy (non-hydrogen) atoms. The van der Waals surface area contributed by atoms with Crippen LogP contribution in [0.2, 0.25) is 0 Å². The molecule has 5 heteroatoms. The molecule has 1 atom stereocenters. The van der Waals surface area contributed by atoms with Crippen molar-refractivity contribution in [3.05, 3.63) is 54.1 Å². The molecule has 3 rings (SSSR count). The molecule has 1 aliphatic heterocycles. The Kier molecular flexibility index (Phi) is 5.22. The summed E-state index contributed by atoms with van der Waals surface area (Å²) in [7, 11) is 1.66. The second kappa shape index (κ2) is 7.43. The summed E-state index contributed by atoms with van der Waals surface area (Å²) in [4.78, 5) is 19.0. The number of benzene rings is 2. The molecule has 0 fully saturated rings. The Bertz CT molecular complexity index is 875. The van der Waals surface area contributed by atoms with Crippen LogP contribution < -0.4 is 10.5 Å². The Labute approximate surface area is 160 Å². The fraction of sp³-hybridized carbons (Fsp3) is 0.364. The van der Waals surface area contributed by atoms with Gasteiger partial charge in [0.05, 0.1) is 13.7 Å². The summed E-state index contributed by atoms with van der Waals surface area (Å²) in [6.45, 7) is 6.46. The van der Waals surface area contributed by atoms with Crippen LogP contribution in [0.4, 0.5) is 0 Å². The van der Waals surface area contributed by atoms with Crippen LogP contribution in [-0.2, 0) is 11.3 Å². The molecular formula is C22H27N3O2. The second-order valence-corrected chi connectivity index (χ2v) is 7.67. The molecule has 2 N–H and O–H groups in total. The lowest BCUT2D eigenvalue weighted by molar-refractivity contribution is -0.131. The minimum atomic E-state index is -0.761. The number of guanidine groups is 1. The molecule has 0 spiro atoms. The maximum absolute atomic E-state index is 12.9. The van der Waals surface area contributed by atoms with Crippen molar-refractivity contribution in [1.82, 2.24) is 4.90 Å². The number of rotatable bonds is 6. The molecule has 0 bridgehead atoms. The number of nitrogens with two attached hydrogens (primary N) is 1. The highest BCUT2D eigenvalue weighted by molar-refractivity contribution is 6.06. The first kappa shape index (κ1) is 19.0. The van der Waals surface area contributed by atoms with Crippen LogP contribution in [0.3, 0.4) is 0 Å². The van der Waals surface area contributed by atoms with E-state index in [0.29, 0.717) is 24.8 Å². The molecule has 1 aliphatic rings. The van der Waals surface area contributed by atoms with Crippen LogP contribution in [-0.4, -0.2) is 29.4 Å². The van der Waals surface area contributed by atoms with E-state index < -0.39 is 5.54 Å². The topological polar surface area (TPSA) is 67.9 Å². The fourth-order valence-electron chi connectivity index (χ4n) is 3.67. The summed E-state index contributed by atoms with van der Waals surface area (Å²) in [5, 5.41) is 0. The highest BCUT2D eigenvalue weighted by Crippen LogP contribution is 2.30. The van der Waals surface area contributed by atoms with Crippen molar-refractivity contribution in [3.63, 3.8) is 0 Å². The van der Waals surface area contributed by atoms with Crippen LogP contribution >= 0.6 is 0 Å². The van der Waals surface area contributed by atoms with Gasteiger partial charge in [-0.25, -0.2) is 4.99 Å². The van der Waals surface area contributed by atoms with Crippen molar-refractivity contribution in [2.45, 2.75) is 39.3 Å². The van der Waals surface area contributed by atoms with Crippen molar-refractivity contribution in [1.29, 1.82) is 0 Å². The number of hydrogen-bond acceptors (Lipinski definition) is 4. The van der Waals surface area contributed by atoms with E-state index >= 15 is 0 Å². The third-order valence-corrected chi connectivity index (χ3v) is 4.82. The predicted octanol–water partition coefficient (Wildman–Crippen LogP) is 3.82. The number of nitrogens with zero attached hydrogens (tertiary/aromatic N) is 2. The monoisotopic (exact) mass is 365 g/mol. The number of aliphatic imine (C=N–C) groups is 1. The van der Waals surface area contributed by atoms with Crippen molar-refractivity contribution < 1.29 is 9.53 Å². The van der Waals surface area contributed by atoms with E-state index in [-0.39, 0.29) is 5.91 Å². The van der Waals surface area contributed by atoms with Crippen LogP contribution in [0.25, 0.3) is 11.1 Å². The summed E-state index contributed by atoms with van der Waals surface area (Å²) in [5.74, 6) is 1.45. The van der Waals surface area contributed by atoms with Gasteiger partial charge in [0.15, 0.2) is 5.96 Å². The predicted molar refractivity (Wildman–Crippen MR) is 108 cm³/mol. The molecule has 0 aromatic heterocycles. The minimum Gasteiger partial charge on any atom is -0.497 e. The molecular weight excluding hydrogens is 338 g/mol.